The molecule has 0 saturated heterocycles. The lowest BCUT2D eigenvalue weighted by Gasteiger charge is -2.48. The molecule has 7 aromatic rings. The quantitative estimate of drug-likeness (QED) is 0.100. The Morgan fingerprint density at radius 3 is 2.15 bits per heavy atom. The number of hydrogen-bond donors (Lipinski definition) is 0. The fraction of sp³-hybridized carbons (Fsp3) is 0.250. The fourth-order valence-corrected chi connectivity index (χ4v) is 10.1. The standard InChI is InChI=1S/C52H43NO6/c1-50(2)18-20-53-21-19-51(3,4)44-45(53)42(50)26-34-25-37(48(55)58-46(34)44)31-22-32(38-27-40-35-12-8-6-10-29(35)14-15-43(40)57-47(38)54)24-33(23-31)39-28-41-36-13-9-7-11-30(36)16-17-52(41,5)59-49(39)56/h6-16,22-28H,17-21H2,1-5H3/t52-/m1/s1. The number of benzene rings is 5. The monoisotopic (exact) mass is 777 g/mol. The number of ether oxygens (including phenoxy) is 1. The minimum atomic E-state index is -0.841. The average molecular weight is 778 g/mol. The third-order valence-electron chi connectivity index (χ3n) is 13.6. The van der Waals surface area contributed by atoms with Gasteiger partial charge in [-0.2, -0.15) is 0 Å². The largest absolute Gasteiger partial charge is 0.451 e. The second kappa shape index (κ2) is 12.3. The van der Waals surface area contributed by atoms with Gasteiger partial charge in [-0.1, -0.05) is 88.4 Å². The van der Waals surface area contributed by atoms with Gasteiger partial charge in [-0.3, -0.25) is 0 Å². The average Bonchev–Trinajstić information content (AvgIpc) is 3.21. The van der Waals surface area contributed by atoms with Crippen LogP contribution in [0.3, 0.4) is 0 Å². The molecular weight excluding hydrogens is 735 g/mol. The smallest absolute Gasteiger partial charge is 0.344 e. The van der Waals surface area contributed by atoms with Gasteiger partial charge in [-0.15, -0.1) is 0 Å². The van der Waals surface area contributed by atoms with Crippen LogP contribution in [0.4, 0.5) is 5.69 Å². The lowest BCUT2D eigenvalue weighted by Crippen LogP contribution is -2.45. The van der Waals surface area contributed by atoms with Crippen molar-refractivity contribution < 1.29 is 18.4 Å². The molecule has 5 aromatic carbocycles. The highest BCUT2D eigenvalue weighted by molar-refractivity contribution is 6.21. The lowest BCUT2D eigenvalue weighted by atomic mass is 9.69. The zero-order valence-corrected chi connectivity index (χ0v) is 33.8. The predicted molar refractivity (Wildman–Crippen MR) is 235 cm³/mol. The molecule has 0 saturated carbocycles. The summed E-state index contributed by atoms with van der Waals surface area (Å²) < 4.78 is 18.7. The Morgan fingerprint density at radius 1 is 0.644 bits per heavy atom. The summed E-state index contributed by atoms with van der Waals surface area (Å²) in [6.07, 6.45) is 6.55. The van der Waals surface area contributed by atoms with E-state index >= 15 is 0 Å². The first-order chi connectivity index (χ1) is 28.3. The molecule has 0 radical (unpaired) electrons. The van der Waals surface area contributed by atoms with Gasteiger partial charge >= 0.3 is 17.2 Å². The maximum absolute atomic E-state index is 14.5. The van der Waals surface area contributed by atoms with Crippen molar-refractivity contribution in [3.8, 4) is 22.3 Å². The van der Waals surface area contributed by atoms with E-state index in [1.165, 1.54) is 11.3 Å². The summed E-state index contributed by atoms with van der Waals surface area (Å²) in [5.41, 5.74) is 5.91. The van der Waals surface area contributed by atoms with Gasteiger partial charge in [-0.25, -0.2) is 14.4 Å². The second-order valence-corrected chi connectivity index (χ2v) is 18.3. The molecular formula is C52H43NO6. The van der Waals surface area contributed by atoms with Crippen LogP contribution in [0.1, 0.15) is 70.6 Å². The van der Waals surface area contributed by atoms with E-state index in [0.29, 0.717) is 51.0 Å². The highest BCUT2D eigenvalue weighted by Crippen LogP contribution is 2.52. The van der Waals surface area contributed by atoms with Crippen molar-refractivity contribution in [3.63, 3.8) is 0 Å². The summed E-state index contributed by atoms with van der Waals surface area (Å²) in [6, 6.07) is 31.3. The van der Waals surface area contributed by atoms with Gasteiger partial charge in [0.25, 0.3) is 0 Å². The number of rotatable bonds is 3. The van der Waals surface area contributed by atoms with E-state index in [1.54, 1.807) is 0 Å². The zero-order chi connectivity index (χ0) is 40.6. The normalized spacial score (nSPS) is 20.1. The molecule has 2 aromatic heterocycles. The molecule has 1 atom stereocenters. The molecule has 5 heterocycles. The minimum absolute atomic E-state index is 0.0741. The Kier molecular flexibility index (Phi) is 7.42. The summed E-state index contributed by atoms with van der Waals surface area (Å²) in [7, 11) is 0. The molecule has 0 fully saturated rings. The number of nitrogens with zero attached hydrogens (tertiary/aromatic N) is 1. The molecule has 11 rings (SSSR count). The SMILES string of the molecule is CC1(C)CCN2CCC(C)(C)c3c2c1cc1cc(-c2cc(C4=CC5=c6ccccc6=CC[C@@]5(C)OC4=O)cc(-c4cc5c(ccc6ccccc65)oc4=O)c2)c(=O)oc31. The third-order valence-corrected chi connectivity index (χ3v) is 13.6. The van der Waals surface area contributed by atoms with Gasteiger partial charge in [0.2, 0.25) is 0 Å². The third kappa shape index (κ3) is 5.36. The van der Waals surface area contributed by atoms with E-state index in [9.17, 15) is 14.4 Å². The molecule has 0 unspecified atom stereocenters. The van der Waals surface area contributed by atoms with Crippen molar-refractivity contribution in [3.05, 3.63) is 151 Å². The molecule has 0 spiro atoms. The van der Waals surface area contributed by atoms with E-state index in [0.717, 1.165) is 69.0 Å². The van der Waals surface area contributed by atoms with E-state index in [-0.39, 0.29) is 10.8 Å². The summed E-state index contributed by atoms with van der Waals surface area (Å²) in [6.45, 7) is 12.9. The van der Waals surface area contributed by atoms with Crippen LogP contribution < -0.4 is 26.6 Å². The summed E-state index contributed by atoms with van der Waals surface area (Å²) >= 11 is 0. The van der Waals surface area contributed by atoms with Crippen LogP contribution in [0, 0.1) is 0 Å². The number of carbonyl (C=O) groups is 1. The molecule has 0 bridgehead atoms. The first kappa shape index (κ1) is 35.7. The molecule has 292 valence electrons. The molecule has 0 amide bonds. The van der Waals surface area contributed by atoms with Gasteiger partial charge in [-0.05, 0) is 123 Å². The van der Waals surface area contributed by atoms with Crippen LogP contribution in [-0.2, 0) is 20.4 Å². The summed E-state index contributed by atoms with van der Waals surface area (Å²) in [5.74, 6) is -0.478. The molecule has 59 heavy (non-hydrogen) atoms. The number of anilines is 1. The van der Waals surface area contributed by atoms with Gasteiger partial charge in [0.05, 0.1) is 16.7 Å². The molecule has 1 aliphatic carbocycles. The first-order valence-corrected chi connectivity index (χ1v) is 20.6. The molecule has 7 nitrogen and oxygen atoms in total. The van der Waals surface area contributed by atoms with Crippen molar-refractivity contribution in [1.82, 2.24) is 0 Å². The lowest BCUT2D eigenvalue weighted by molar-refractivity contribution is -0.145. The van der Waals surface area contributed by atoms with E-state index < -0.39 is 22.8 Å². The van der Waals surface area contributed by atoms with Crippen molar-refractivity contribution in [2.24, 2.45) is 0 Å². The maximum Gasteiger partial charge on any atom is 0.344 e. The van der Waals surface area contributed by atoms with Gasteiger partial charge in [0.15, 0.2) is 0 Å². The fourth-order valence-electron chi connectivity index (χ4n) is 10.1. The predicted octanol–water partition coefficient (Wildman–Crippen LogP) is 9.29. The minimum Gasteiger partial charge on any atom is -0.451 e. The Labute approximate surface area is 340 Å². The van der Waals surface area contributed by atoms with Gasteiger partial charge in [0, 0.05) is 47.1 Å². The summed E-state index contributed by atoms with van der Waals surface area (Å²) in [4.78, 5) is 45.1. The van der Waals surface area contributed by atoms with Crippen LogP contribution in [0.5, 0.6) is 0 Å². The highest BCUT2D eigenvalue weighted by Gasteiger charge is 2.43. The molecule has 0 N–H and O–H groups in total. The Bertz CT molecular complexity index is 3320. The second-order valence-electron chi connectivity index (χ2n) is 18.3. The van der Waals surface area contributed by atoms with Crippen LogP contribution >= 0.6 is 0 Å². The zero-order valence-electron chi connectivity index (χ0n) is 33.8. The molecule has 4 aliphatic rings. The topological polar surface area (TPSA) is 90.0 Å². The van der Waals surface area contributed by atoms with Crippen molar-refractivity contribution in [2.45, 2.75) is 70.3 Å². The highest BCUT2D eigenvalue weighted by atomic mass is 16.6. The van der Waals surface area contributed by atoms with Crippen molar-refractivity contribution >= 4 is 61.6 Å². The summed E-state index contributed by atoms with van der Waals surface area (Å²) in [5, 5.41) is 5.66. The number of hydrogen-bond acceptors (Lipinski definition) is 7. The molecule has 7 heteroatoms. The van der Waals surface area contributed by atoms with Crippen molar-refractivity contribution in [2.75, 3.05) is 18.0 Å². The van der Waals surface area contributed by atoms with E-state index in [2.05, 4.69) is 50.8 Å². The Balaban J connectivity index is 1.19. The Hall–Kier alpha value is -6.47. The van der Waals surface area contributed by atoms with Crippen molar-refractivity contribution in [1.29, 1.82) is 0 Å². The van der Waals surface area contributed by atoms with E-state index in [1.807, 2.05) is 97.9 Å². The Morgan fingerprint density at radius 2 is 1.34 bits per heavy atom. The van der Waals surface area contributed by atoms with Crippen LogP contribution in [0.2, 0.25) is 0 Å². The number of carbonyl (C=O) groups excluding carboxylic acids is 1. The van der Waals surface area contributed by atoms with Gasteiger partial charge in [0.1, 0.15) is 16.8 Å². The van der Waals surface area contributed by atoms with E-state index in [4.69, 9.17) is 13.6 Å². The number of fused-ring (bicyclic) bond motifs is 7. The first-order valence-electron chi connectivity index (χ1n) is 20.6. The van der Waals surface area contributed by atoms with Gasteiger partial charge < -0.3 is 18.5 Å². The van der Waals surface area contributed by atoms with Crippen LogP contribution in [0.15, 0.2) is 122 Å². The molecule has 3 aliphatic heterocycles. The van der Waals surface area contributed by atoms with Crippen LogP contribution in [-0.4, -0.2) is 24.7 Å². The number of esters is 1. The van der Waals surface area contributed by atoms with Crippen LogP contribution in [0.25, 0.3) is 72.2 Å². The maximum atomic E-state index is 14.5.